The fourth-order valence-corrected chi connectivity index (χ4v) is 1.48. The fraction of sp³-hybridized carbons (Fsp3) is 0.333. The predicted octanol–water partition coefficient (Wildman–Crippen LogP) is 1.51. The molecular formula is C12H15N5O. The van der Waals surface area contributed by atoms with Gasteiger partial charge in [0.2, 0.25) is 0 Å². The molecule has 0 aromatic carbocycles. The molecule has 6 heteroatoms. The molecule has 0 aliphatic heterocycles. The fourth-order valence-electron chi connectivity index (χ4n) is 1.48. The number of aromatic nitrogens is 4. The zero-order valence-electron chi connectivity index (χ0n) is 10.4. The highest BCUT2D eigenvalue weighted by molar-refractivity contribution is 5.60. The summed E-state index contributed by atoms with van der Waals surface area (Å²) in [6, 6.07) is 1.87. The maximum Gasteiger partial charge on any atom is 0.153 e. The molecule has 0 saturated carbocycles. The van der Waals surface area contributed by atoms with Crippen molar-refractivity contribution in [3.8, 4) is 11.3 Å². The minimum Gasteiger partial charge on any atom is -0.377 e. The first-order valence-electron chi connectivity index (χ1n) is 5.69. The van der Waals surface area contributed by atoms with Gasteiger partial charge in [0.05, 0.1) is 5.69 Å². The van der Waals surface area contributed by atoms with Crippen molar-refractivity contribution in [3.63, 3.8) is 0 Å². The molecule has 1 N–H and O–H groups in total. The Kier molecular flexibility index (Phi) is 4.14. The largest absolute Gasteiger partial charge is 0.377 e. The summed E-state index contributed by atoms with van der Waals surface area (Å²) in [7, 11) is 1.62. The average Bonchev–Trinajstić information content (AvgIpc) is 2.41. The van der Waals surface area contributed by atoms with Gasteiger partial charge in [-0.15, -0.1) is 0 Å². The molecule has 0 bridgehead atoms. The predicted molar refractivity (Wildman–Crippen MR) is 67.9 cm³/mol. The third kappa shape index (κ3) is 2.98. The number of hydrogen-bond donors (Lipinski definition) is 1. The monoisotopic (exact) mass is 245 g/mol. The van der Waals surface area contributed by atoms with E-state index in [0.29, 0.717) is 12.4 Å². The molecule has 2 rings (SSSR count). The summed E-state index contributed by atoms with van der Waals surface area (Å²) < 4.78 is 4.96. The van der Waals surface area contributed by atoms with Gasteiger partial charge in [0.15, 0.2) is 5.82 Å². The van der Waals surface area contributed by atoms with Crippen LogP contribution < -0.4 is 5.32 Å². The summed E-state index contributed by atoms with van der Waals surface area (Å²) in [4.78, 5) is 16.7. The standard InChI is InChI=1S/C12H15N5O/c1-3-13-11-4-10(16-8-17-11)9-5-14-12(7-18-2)15-6-9/h4-6,8H,3,7H2,1-2H3,(H,13,16,17). The second-order valence-corrected chi connectivity index (χ2v) is 3.64. The topological polar surface area (TPSA) is 72.8 Å². The van der Waals surface area contributed by atoms with E-state index >= 15 is 0 Å². The van der Waals surface area contributed by atoms with Crippen LogP contribution in [0.1, 0.15) is 12.7 Å². The van der Waals surface area contributed by atoms with Crippen LogP contribution in [0.2, 0.25) is 0 Å². The lowest BCUT2D eigenvalue weighted by Crippen LogP contribution is -2.01. The van der Waals surface area contributed by atoms with Crippen LogP contribution in [0.25, 0.3) is 11.3 Å². The second-order valence-electron chi connectivity index (χ2n) is 3.64. The van der Waals surface area contributed by atoms with Gasteiger partial charge in [0.25, 0.3) is 0 Å². The van der Waals surface area contributed by atoms with E-state index < -0.39 is 0 Å². The Labute approximate surface area is 105 Å². The zero-order chi connectivity index (χ0) is 12.8. The lowest BCUT2D eigenvalue weighted by molar-refractivity contribution is 0.178. The quantitative estimate of drug-likeness (QED) is 0.860. The van der Waals surface area contributed by atoms with Crippen molar-refractivity contribution >= 4 is 5.82 Å². The number of anilines is 1. The Morgan fingerprint density at radius 3 is 2.61 bits per heavy atom. The summed E-state index contributed by atoms with van der Waals surface area (Å²) in [5.74, 6) is 1.45. The van der Waals surface area contributed by atoms with Crippen LogP contribution in [0, 0.1) is 0 Å². The molecule has 0 radical (unpaired) electrons. The molecule has 0 saturated heterocycles. The molecule has 94 valence electrons. The molecule has 18 heavy (non-hydrogen) atoms. The number of nitrogens with zero attached hydrogens (tertiary/aromatic N) is 4. The first-order valence-corrected chi connectivity index (χ1v) is 5.69. The third-order valence-electron chi connectivity index (χ3n) is 2.30. The van der Waals surface area contributed by atoms with Crippen LogP contribution in [0.3, 0.4) is 0 Å². The first kappa shape index (κ1) is 12.4. The van der Waals surface area contributed by atoms with Crippen LogP contribution in [0.15, 0.2) is 24.8 Å². The van der Waals surface area contributed by atoms with E-state index in [1.807, 2.05) is 13.0 Å². The van der Waals surface area contributed by atoms with Crippen LogP contribution in [-0.4, -0.2) is 33.6 Å². The van der Waals surface area contributed by atoms with Crippen LogP contribution in [-0.2, 0) is 11.3 Å². The van der Waals surface area contributed by atoms with Crippen molar-refractivity contribution in [2.75, 3.05) is 19.0 Å². The second kappa shape index (κ2) is 6.02. The Balaban J connectivity index is 2.22. The summed E-state index contributed by atoms with van der Waals surface area (Å²) in [6.07, 6.45) is 5.00. The third-order valence-corrected chi connectivity index (χ3v) is 2.30. The van der Waals surface area contributed by atoms with Gasteiger partial charge < -0.3 is 10.1 Å². The van der Waals surface area contributed by atoms with E-state index in [1.165, 1.54) is 6.33 Å². The highest BCUT2D eigenvalue weighted by atomic mass is 16.5. The zero-order valence-corrected chi connectivity index (χ0v) is 10.4. The minimum absolute atomic E-state index is 0.409. The molecule has 2 heterocycles. The van der Waals surface area contributed by atoms with Gasteiger partial charge in [-0.05, 0) is 6.92 Å². The number of ether oxygens (including phenoxy) is 1. The number of nitrogens with one attached hydrogen (secondary N) is 1. The van der Waals surface area contributed by atoms with Gasteiger partial charge in [-0.25, -0.2) is 19.9 Å². The molecule has 2 aromatic rings. The smallest absolute Gasteiger partial charge is 0.153 e. The Morgan fingerprint density at radius 1 is 1.17 bits per heavy atom. The molecule has 0 atom stereocenters. The van der Waals surface area contributed by atoms with E-state index in [4.69, 9.17) is 4.74 Å². The van der Waals surface area contributed by atoms with Crippen molar-refractivity contribution in [1.29, 1.82) is 0 Å². The lowest BCUT2D eigenvalue weighted by Gasteiger charge is -2.04. The number of rotatable bonds is 5. The van der Waals surface area contributed by atoms with Crippen LogP contribution >= 0.6 is 0 Å². The molecule has 0 aliphatic carbocycles. The molecule has 0 amide bonds. The van der Waals surface area contributed by atoms with Crippen molar-refractivity contribution in [2.24, 2.45) is 0 Å². The normalized spacial score (nSPS) is 10.3. The number of methoxy groups -OCH3 is 1. The Hall–Kier alpha value is -2.08. The van der Waals surface area contributed by atoms with Gasteiger partial charge >= 0.3 is 0 Å². The van der Waals surface area contributed by atoms with Gasteiger partial charge in [0, 0.05) is 37.7 Å². The molecule has 0 unspecified atom stereocenters. The minimum atomic E-state index is 0.409. The van der Waals surface area contributed by atoms with Crippen molar-refractivity contribution in [1.82, 2.24) is 19.9 Å². The molecule has 2 aromatic heterocycles. The van der Waals surface area contributed by atoms with Gasteiger partial charge in [-0.2, -0.15) is 0 Å². The van der Waals surface area contributed by atoms with Crippen LogP contribution in [0.4, 0.5) is 5.82 Å². The van der Waals surface area contributed by atoms with E-state index in [0.717, 1.165) is 23.6 Å². The maximum absolute atomic E-state index is 4.96. The molecule has 0 aliphatic rings. The molecular weight excluding hydrogens is 230 g/mol. The highest BCUT2D eigenvalue weighted by Gasteiger charge is 2.03. The van der Waals surface area contributed by atoms with Crippen LogP contribution in [0.5, 0.6) is 0 Å². The lowest BCUT2D eigenvalue weighted by atomic mass is 10.2. The maximum atomic E-state index is 4.96. The average molecular weight is 245 g/mol. The summed E-state index contributed by atoms with van der Waals surface area (Å²) in [5.41, 5.74) is 1.65. The van der Waals surface area contributed by atoms with E-state index in [1.54, 1.807) is 19.5 Å². The summed E-state index contributed by atoms with van der Waals surface area (Å²) in [6.45, 7) is 3.25. The molecule has 6 nitrogen and oxygen atoms in total. The van der Waals surface area contributed by atoms with Gasteiger partial charge in [0.1, 0.15) is 18.8 Å². The van der Waals surface area contributed by atoms with Gasteiger partial charge in [-0.3, -0.25) is 0 Å². The van der Waals surface area contributed by atoms with Crippen molar-refractivity contribution in [3.05, 3.63) is 30.6 Å². The Bertz CT molecular complexity index is 500. The summed E-state index contributed by atoms with van der Waals surface area (Å²) in [5, 5.41) is 3.14. The Morgan fingerprint density at radius 2 is 1.94 bits per heavy atom. The van der Waals surface area contributed by atoms with Gasteiger partial charge in [-0.1, -0.05) is 0 Å². The first-order chi connectivity index (χ1) is 8.83. The highest BCUT2D eigenvalue weighted by Crippen LogP contribution is 2.16. The van der Waals surface area contributed by atoms with E-state index in [-0.39, 0.29) is 0 Å². The van der Waals surface area contributed by atoms with Crippen molar-refractivity contribution in [2.45, 2.75) is 13.5 Å². The van der Waals surface area contributed by atoms with Crippen molar-refractivity contribution < 1.29 is 4.74 Å². The SMILES string of the molecule is CCNc1cc(-c2cnc(COC)nc2)ncn1. The molecule has 0 fully saturated rings. The van der Waals surface area contributed by atoms with E-state index in [9.17, 15) is 0 Å². The molecule has 0 spiro atoms. The summed E-state index contributed by atoms with van der Waals surface area (Å²) >= 11 is 0. The number of hydrogen-bond acceptors (Lipinski definition) is 6. The van der Waals surface area contributed by atoms with E-state index in [2.05, 4.69) is 25.3 Å².